The van der Waals surface area contributed by atoms with Crippen LogP contribution in [-0.4, -0.2) is 40.5 Å². The van der Waals surface area contributed by atoms with Crippen molar-refractivity contribution in [3.8, 4) is 0 Å². The van der Waals surface area contributed by atoms with Crippen LogP contribution in [0, 0.1) is 0 Å². The number of carbonyl (C=O) groups is 1. The van der Waals surface area contributed by atoms with Crippen LogP contribution in [0.4, 0.5) is 17.6 Å². The van der Waals surface area contributed by atoms with Crippen LogP contribution in [0.25, 0.3) is 0 Å². The Labute approximate surface area is 181 Å². The fraction of sp³-hybridized carbons (Fsp3) is 0.238. The third-order valence-corrected chi connectivity index (χ3v) is 6.49. The van der Waals surface area contributed by atoms with Gasteiger partial charge in [0, 0.05) is 18.3 Å². The number of ketones is 1. The number of nitrogens with two attached hydrogens (primary N) is 1. The number of anilines is 3. The number of carbonyl (C=O) groups excluding carboxylic acids is 1. The second-order valence-corrected chi connectivity index (χ2v) is 8.96. The summed E-state index contributed by atoms with van der Waals surface area (Å²) >= 11 is 0. The fourth-order valence-corrected chi connectivity index (χ4v) is 4.09. The summed E-state index contributed by atoms with van der Waals surface area (Å²) in [5, 5.41) is 3.12. The molecule has 9 nitrogen and oxygen atoms in total. The van der Waals surface area contributed by atoms with Gasteiger partial charge >= 0.3 is 0 Å². The van der Waals surface area contributed by atoms with E-state index in [-0.39, 0.29) is 34.9 Å². The van der Waals surface area contributed by atoms with Gasteiger partial charge in [0.1, 0.15) is 0 Å². The summed E-state index contributed by atoms with van der Waals surface area (Å²) in [6.07, 6.45) is 0.819. The Balaban J connectivity index is 1.82. The number of sulfonamides is 1. The van der Waals surface area contributed by atoms with Gasteiger partial charge in [0.15, 0.2) is 11.6 Å². The summed E-state index contributed by atoms with van der Waals surface area (Å²) in [6, 6.07) is 13.5. The highest BCUT2D eigenvalue weighted by Gasteiger charge is 2.22. The fourth-order valence-electron chi connectivity index (χ4n) is 2.96. The molecule has 0 aliphatic rings. The predicted octanol–water partition coefficient (Wildman–Crippen LogP) is 2.78. The topological polar surface area (TPSA) is 131 Å². The third kappa shape index (κ3) is 5.22. The molecule has 0 spiro atoms. The number of benzene rings is 2. The molecule has 2 aromatic carbocycles. The Kier molecular flexibility index (Phi) is 6.62. The molecule has 0 unspecified atom stereocenters. The first-order chi connectivity index (χ1) is 14.7. The Morgan fingerprint density at radius 3 is 2.39 bits per heavy atom. The van der Waals surface area contributed by atoms with Crippen molar-refractivity contribution in [3.05, 3.63) is 65.5 Å². The van der Waals surface area contributed by atoms with Gasteiger partial charge in [-0.2, -0.15) is 19.3 Å². The van der Waals surface area contributed by atoms with E-state index in [0.29, 0.717) is 5.56 Å². The number of aryl methyl sites for hydroxylation is 1. The Bertz CT molecular complexity index is 1200. The lowest BCUT2D eigenvalue weighted by atomic mass is 10.1. The van der Waals surface area contributed by atoms with Crippen molar-refractivity contribution in [2.24, 2.45) is 0 Å². The monoisotopic (exact) mass is 440 g/mol. The van der Waals surface area contributed by atoms with Crippen molar-refractivity contribution >= 4 is 33.4 Å². The quantitative estimate of drug-likeness (QED) is 0.511. The highest BCUT2D eigenvalue weighted by Crippen LogP contribution is 2.21. The first-order valence-electron chi connectivity index (χ1n) is 9.63. The minimum absolute atomic E-state index is 0.0157. The second kappa shape index (κ2) is 9.19. The number of nitrogens with one attached hydrogen (secondary N) is 1. The van der Waals surface area contributed by atoms with Crippen molar-refractivity contribution in [2.75, 3.05) is 18.1 Å². The van der Waals surface area contributed by atoms with Crippen LogP contribution in [0.1, 0.15) is 35.6 Å². The standard InChI is InChI=1S/C21H24N6O3S/c1-4-15-7-5-6-8-18(15)23-21-25-19(24-20(22)26-21)13-27(3)31(29,30)17-11-9-16(10-12-17)14(2)28/h5-12H,4,13H2,1-3H3,(H3,22,23,24,25,26). The molecule has 0 aliphatic heterocycles. The molecule has 31 heavy (non-hydrogen) atoms. The molecule has 3 rings (SSSR count). The summed E-state index contributed by atoms with van der Waals surface area (Å²) in [6.45, 7) is 3.36. The van der Waals surface area contributed by atoms with Gasteiger partial charge in [-0.15, -0.1) is 0 Å². The van der Waals surface area contributed by atoms with Crippen molar-refractivity contribution in [1.82, 2.24) is 19.3 Å². The van der Waals surface area contributed by atoms with Gasteiger partial charge in [-0.25, -0.2) is 8.42 Å². The number of hydrogen-bond acceptors (Lipinski definition) is 8. The maximum Gasteiger partial charge on any atom is 0.243 e. The van der Waals surface area contributed by atoms with Gasteiger partial charge in [0.05, 0.1) is 11.4 Å². The van der Waals surface area contributed by atoms with E-state index in [4.69, 9.17) is 5.73 Å². The summed E-state index contributed by atoms with van der Waals surface area (Å²) in [5.74, 6) is 0.288. The molecule has 3 aromatic rings. The van der Waals surface area contributed by atoms with Crippen LogP contribution in [-0.2, 0) is 23.0 Å². The van der Waals surface area contributed by atoms with Gasteiger partial charge in [-0.05, 0) is 37.1 Å². The lowest BCUT2D eigenvalue weighted by Gasteiger charge is -2.17. The normalized spacial score (nSPS) is 11.5. The zero-order valence-electron chi connectivity index (χ0n) is 17.5. The van der Waals surface area contributed by atoms with Crippen molar-refractivity contribution in [1.29, 1.82) is 0 Å². The van der Waals surface area contributed by atoms with Gasteiger partial charge in [0.25, 0.3) is 0 Å². The number of hydrogen-bond donors (Lipinski definition) is 2. The highest BCUT2D eigenvalue weighted by atomic mass is 32.2. The molecule has 1 heterocycles. The van der Waals surface area contributed by atoms with E-state index in [0.717, 1.165) is 22.0 Å². The molecular formula is C21H24N6O3S. The average Bonchev–Trinajstić information content (AvgIpc) is 2.73. The smallest absolute Gasteiger partial charge is 0.243 e. The van der Waals surface area contributed by atoms with Crippen LogP contribution in [0.15, 0.2) is 53.4 Å². The molecule has 0 amide bonds. The third-order valence-electron chi connectivity index (χ3n) is 4.68. The summed E-state index contributed by atoms with van der Waals surface area (Å²) in [7, 11) is -2.39. The maximum absolute atomic E-state index is 12.9. The molecule has 0 atom stereocenters. The van der Waals surface area contributed by atoms with E-state index in [2.05, 4.69) is 20.3 Å². The van der Waals surface area contributed by atoms with E-state index in [1.807, 2.05) is 31.2 Å². The second-order valence-electron chi connectivity index (χ2n) is 6.91. The van der Waals surface area contributed by atoms with Crippen LogP contribution >= 0.6 is 0 Å². The molecule has 3 N–H and O–H groups in total. The molecular weight excluding hydrogens is 416 g/mol. The van der Waals surface area contributed by atoms with E-state index in [9.17, 15) is 13.2 Å². The molecule has 0 fully saturated rings. The maximum atomic E-state index is 12.9. The number of rotatable bonds is 8. The first kappa shape index (κ1) is 22.3. The minimum Gasteiger partial charge on any atom is -0.368 e. The number of nitrogens with zero attached hydrogens (tertiary/aromatic N) is 4. The van der Waals surface area contributed by atoms with Crippen LogP contribution < -0.4 is 11.1 Å². The van der Waals surface area contributed by atoms with E-state index >= 15 is 0 Å². The zero-order valence-corrected chi connectivity index (χ0v) is 18.3. The average molecular weight is 441 g/mol. The van der Waals surface area contributed by atoms with E-state index in [1.165, 1.54) is 38.2 Å². The number of para-hydroxylation sites is 1. The summed E-state index contributed by atoms with van der Waals surface area (Å²) in [5.41, 5.74) is 8.18. The summed E-state index contributed by atoms with van der Waals surface area (Å²) < 4.78 is 26.9. The number of aromatic nitrogens is 3. The summed E-state index contributed by atoms with van der Waals surface area (Å²) in [4.78, 5) is 24.0. The van der Waals surface area contributed by atoms with Gasteiger partial charge in [-0.3, -0.25) is 4.79 Å². The zero-order chi connectivity index (χ0) is 22.6. The highest BCUT2D eigenvalue weighted by molar-refractivity contribution is 7.89. The molecule has 1 aromatic heterocycles. The van der Waals surface area contributed by atoms with Crippen LogP contribution in [0.2, 0.25) is 0 Å². The van der Waals surface area contributed by atoms with E-state index in [1.54, 1.807) is 0 Å². The number of nitrogen functional groups attached to an aromatic ring is 1. The van der Waals surface area contributed by atoms with E-state index < -0.39 is 10.0 Å². The first-order valence-corrected chi connectivity index (χ1v) is 11.1. The Morgan fingerprint density at radius 1 is 1.06 bits per heavy atom. The molecule has 0 saturated carbocycles. The van der Waals surface area contributed by atoms with Crippen LogP contribution in [0.5, 0.6) is 0 Å². The van der Waals surface area contributed by atoms with Gasteiger partial charge < -0.3 is 11.1 Å². The Morgan fingerprint density at radius 2 is 1.74 bits per heavy atom. The van der Waals surface area contributed by atoms with Crippen molar-refractivity contribution in [2.45, 2.75) is 31.7 Å². The SMILES string of the molecule is CCc1ccccc1Nc1nc(N)nc(CN(C)S(=O)(=O)c2ccc(C(C)=O)cc2)n1. The van der Waals surface area contributed by atoms with Crippen LogP contribution in [0.3, 0.4) is 0 Å². The molecule has 0 radical (unpaired) electrons. The molecule has 10 heteroatoms. The Hall–Kier alpha value is -3.37. The number of Topliss-reactive ketones (excluding diaryl/α,β-unsaturated/α-hetero) is 1. The van der Waals surface area contributed by atoms with Crippen molar-refractivity contribution in [3.63, 3.8) is 0 Å². The van der Waals surface area contributed by atoms with Crippen molar-refractivity contribution < 1.29 is 13.2 Å². The molecule has 0 bridgehead atoms. The predicted molar refractivity (Wildman–Crippen MR) is 118 cm³/mol. The molecule has 162 valence electrons. The molecule has 0 aliphatic carbocycles. The largest absolute Gasteiger partial charge is 0.368 e. The minimum atomic E-state index is -3.81. The lowest BCUT2D eigenvalue weighted by molar-refractivity contribution is 0.101. The molecule has 0 saturated heterocycles. The van der Waals surface area contributed by atoms with Gasteiger partial charge in [-0.1, -0.05) is 37.3 Å². The van der Waals surface area contributed by atoms with Gasteiger partial charge in [0.2, 0.25) is 21.9 Å². The lowest BCUT2D eigenvalue weighted by Crippen LogP contribution is -2.28.